The molecule has 0 radical (unpaired) electrons. The molecule has 1 aromatic rings. The summed E-state index contributed by atoms with van der Waals surface area (Å²) < 4.78 is 10.5. The Hall–Kier alpha value is -2.09. The average Bonchev–Trinajstić information content (AvgIpc) is 2.44. The number of ether oxygens (including phenoxy) is 2. The Kier molecular flexibility index (Phi) is 5.31. The van der Waals surface area contributed by atoms with E-state index in [4.69, 9.17) is 20.5 Å². The minimum Gasteiger partial charge on any atom is -0.493 e. The van der Waals surface area contributed by atoms with Crippen molar-refractivity contribution >= 4 is 11.4 Å². The Bertz CT molecular complexity index is 468. The summed E-state index contributed by atoms with van der Waals surface area (Å²) in [5, 5.41) is 8.93. The lowest BCUT2D eigenvalue weighted by molar-refractivity contribution is 0.355. The van der Waals surface area contributed by atoms with Gasteiger partial charge in [0.2, 0.25) is 0 Å². The van der Waals surface area contributed by atoms with E-state index in [1.807, 2.05) is 19.9 Å². The van der Waals surface area contributed by atoms with Crippen LogP contribution in [0.3, 0.4) is 0 Å². The van der Waals surface area contributed by atoms with Crippen molar-refractivity contribution in [1.82, 2.24) is 0 Å². The van der Waals surface area contributed by atoms with Gasteiger partial charge in [-0.2, -0.15) is 5.26 Å². The predicted octanol–water partition coefficient (Wildman–Crippen LogP) is 2.27. The molecule has 1 rings (SSSR count). The van der Waals surface area contributed by atoms with Crippen LogP contribution in [0, 0.1) is 17.2 Å². The first-order chi connectivity index (χ1) is 9.07. The van der Waals surface area contributed by atoms with Crippen molar-refractivity contribution in [2.45, 2.75) is 13.8 Å². The first kappa shape index (κ1) is 15.0. The largest absolute Gasteiger partial charge is 0.493 e. The second kappa shape index (κ2) is 6.74. The molecule has 0 aliphatic carbocycles. The summed E-state index contributed by atoms with van der Waals surface area (Å²) in [6.07, 6.45) is 0. The topological polar surface area (TPSA) is 71.5 Å². The Morgan fingerprint density at radius 3 is 2.37 bits per heavy atom. The first-order valence-corrected chi connectivity index (χ1v) is 6.23. The highest BCUT2D eigenvalue weighted by atomic mass is 16.5. The lowest BCUT2D eigenvalue weighted by Gasteiger charge is -2.26. The van der Waals surface area contributed by atoms with E-state index < -0.39 is 0 Å². The third-order valence-electron chi connectivity index (χ3n) is 2.97. The van der Waals surface area contributed by atoms with Crippen molar-refractivity contribution in [3.8, 4) is 17.6 Å². The SMILES string of the molecule is CCN(CC(C)C#N)c1cc(OC)c(OC)cc1N. The molecule has 5 heteroatoms. The Morgan fingerprint density at radius 2 is 1.89 bits per heavy atom. The van der Waals surface area contributed by atoms with Crippen LogP contribution in [0.4, 0.5) is 11.4 Å². The van der Waals surface area contributed by atoms with Gasteiger partial charge in [0.15, 0.2) is 11.5 Å². The monoisotopic (exact) mass is 263 g/mol. The first-order valence-electron chi connectivity index (χ1n) is 6.23. The van der Waals surface area contributed by atoms with Gasteiger partial charge in [0.05, 0.1) is 37.6 Å². The van der Waals surface area contributed by atoms with Crippen LogP contribution in [0.1, 0.15) is 13.8 Å². The van der Waals surface area contributed by atoms with Crippen molar-refractivity contribution in [3.63, 3.8) is 0 Å². The fourth-order valence-electron chi connectivity index (χ4n) is 1.93. The molecule has 0 bridgehead atoms. The maximum atomic E-state index is 8.93. The minimum absolute atomic E-state index is 0.0625. The van der Waals surface area contributed by atoms with E-state index in [-0.39, 0.29) is 5.92 Å². The molecule has 2 N–H and O–H groups in total. The van der Waals surface area contributed by atoms with Crippen LogP contribution in [0.25, 0.3) is 0 Å². The highest BCUT2D eigenvalue weighted by Gasteiger charge is 2.15. The molecule has 1 aromatic carbocycles. The van der Waals surface area contributed by atoms with E-state index in [0.717, 1.165) is 12.2 Å². The van der Waals surface area contributed by atoms with Gasteiger partial charge in [-0.15, -0.1) is 0 Å². The second-order valence-electron chi connectivity index (χ2n) is 4.33. The van der Waals surface area contributed by atoms with Gasteiger partial charge in [-0.25, -0.2) is 0 Å². The van der Waals surface area contributed by atoms with Crippen LogP contribution in [0.2, 0.25) is 0 Å². The molecule has 0 saturated carbocycles. The van der Waals surface area contributed by atoms with E-state index in [2.05, 4.69) is 11.0 Å². The van der Waals surface area contributed by atoms with Crippen LogP contribution in [0.5, 0.6) is 11.5 Å². The van der Waals surface area contributed by atoms with E-state index in [9.17, 15) is 0 Å². The molecule has 0 fully saturated rings. The van der Waals surface area contributed by atoms with E-state index in [0.29, 0.717) is 23.7 Å². The molecule has 0 heterocycles. The van der Waals surface area contributed by atoms with Crippen molar-refractivity contribution in [2.24, 2.45) is 5.92 Å². The van der Waals surface area contributed by atoms with Gasteiger partial charge in [0, 0.05) is 25.2 Å². The molecular formula is C14H21N3O2. The fourth-order valence-corrected chi connectivity index (χ4v) is 1.93. The normalized spacial score (nSPS) is 11.5. The van der Waals surface area contributed by atoms with Crippen molar-refractivity contribution in [1.29, 1.82) is 5.26 Å². The zero-order valence-corrected chi connectivity index (χ0v) is 11.9. The summed E-state index contributed by atoms with van der Waals surface area (Å²) in [6, 6.07) is 5.82. The van der Waals surface area contributed by atoms with Crippen LogP contribution >= 0.6 is 0 Å². The molecule has 0 amide bonds. The lowest BCUT2D eigenvalue weighted by atomic mass is 10.1. The van der Waals surface area contributed by atoms with Crippen molar-refractivity contribution in [3.05, 3.63) is 12.1 Å². The summed E-state index contributed by atoms with van der Waals surface area (Å²) in [5.41, 5.74) is 7.53. The number of hydrogen-bond acceptors (Lipinski definition) is 5. The quantitative estimate of drug-likeness (QED) is 0.797. The molecular weight excluding hydrogens is 242 g/mol. The standard InChI is InChI=1S/C14H21N3O2/c1-5-17(9-10(2)8-15)12-7-14(19-4)13(18-3)6-11(12)16/h6-7,10H,5,9,16H2,1-4H3. The van der Waals surface area contributed by atoms with E-state index in [1.54, 1.807) is 20.3 Å². The predicted molar refractivity (Wildman–Crippen MR) is 76.6 cm³/mol. The molecule has 1 atom stereocenters. The number of nitrogen functional groups attached to an aromatic ring is 1. The lowest BCUT2D eigenvalue weighted by Crippen LogP contribution is -2.28. The molecule has 1 unspecified atom stereocenters. The van der Waals surface area contributed by atoms with Crippen molar-refractivity contribution < 1.29 is 9.47 Å². The summed E-state index contributed by atoms with van der Waals surface area (Å²) in [6.45, 7) is 5.32. The van der Waals surface area contributed by atoms with Gasteiger partial charge >= 0.3 is 0 Å². The van der Waals surface area contributed by atoms with E-state index >= 15 is 0 Å². The smallest absolute Gasteiger partial charge is 0.162 e. The number of anilines is 2. The minimum atomic E-state index is -0.0625. The maximum Gasteiger partial charge on any atom is 0.162 e. The van der Waals surface area contributed by atoms with Gasteiger partial charge in [-0.1, -0.05) is 0 Å². The van der Waals surface area contributed by atoms with Gasteiger partial charge in [-0.05, 0) is 13.8 Å². The Morgan fingerprint density at radius 1 is 1.32 bits per heavy atom. The van der Waals surface area contributed by atoms with Crippen LogP contribution in [-0.4, -0.2) is 27.3 Å². The number of hydrogen-bond donors (Lipinski definition) is 1. The van der Waals surface area contributed by atoms with Gasteiger partial charge in [0.1, 0.15) is 0 Å². The third-order valence-corrected chi connectivity index (χ3v) is 2.97. The maximum absolute atomic E-state index is 8.93. The van der Waals surface area contributed by atoms with Crippen LogP contribution in [-0.2, 0) is 0 Å². The Labute approximate surface area is 114 Å². The van der Waals surface area contributed by atoms with E-state index in [1.165, 1.54) is 0 Å². The second-order valence-corrected chi connectivity index (χ2v) is 4.33. The van der Waals surface area contributed by atoms with Gasteiger partial charge in [0.25, 0.3) is 0 Å². The Balaban J connectivity index is 3.13. The molecule has 0 spiro atoms. The number of nitrogens with two attached hydrogens (primary N) is 1. The number of nitrogens with zero attached hydrogens (tertiary/aromatic N) is 2. The summed E-state index contributed by atoms with van der Waals surface area (Å²) in [4.78, 5) is 2.06. The zero-order chi connectivity index (χ0) is 14.4. The highest BCUT2D eigenvalue weighted by molar-refractivity contribution is 5.73. The average molecular weight is 263 g/mol. The molecule has 0 aliphatic heterocycles. The molecule has 19 heavy (non-hydrogen) atoms. The fraction of sp³-hybridized carbons (Fsp3) is 0.500. The summed E-state index contributed by atoms with van der Waals surface area (Å²) in [7, 11) is 3.17. The van der Waals surface area contributed by atoms with Crippen LogP contribution < -0.4 is 20.1 Å². The molecule has 5 nitrogen and oxygen atoms in total. The molecule has 0 saturated heterocycles. The molecule has 104 valence electrons. The molecule has 0 aromatic heterocycles. The van der Waals surface area contributed by atoms with Crippen LogP contribution in [0.15, 0.2) is 12.1 Å². The number of nitriles is 1. The number of methoxy groups -OCH3 is 2. The van der Waals surface area contributed by atoms with Gasteiger partial charge < -0.3 is 20.1 Å². The zero-order valence-electron chi connectivity index (χ0n) is 11.9. The van der Waals surface area contributed by atoms with Gasteiger partial charge in [-0.3, -0.25) is 0 Å². The van der Waals surface area contributed by atoms with Crippen molar-refractivity contribution in [2.75, 3.05) is 37.9 Å². The molecule has 0 aliphatic rings. The highest BCUT2D eigenvalue weighted by Crippen LogP contribution is 2.36. The summed E-state index contributed by atoms with van der Waals surface area (Å²) in [5.74, 6) is 1.18. The summed E-state index contributed by atoms with van der Waals surface area (Å²) >= 11 is 0. The third kappa shape index (κ3) is 3.44. The number of rotatable bonds is 6. The number of benzene rings is 1.